The fourth-order valence-electron chi connectivity index (χ4n) is 2.08. The first kappa shape index (κ1) is 14.1. The van der Waals surface area contributed by atoms with Crippen molar-refractivity contribution < 1.29 is 18.9 Å². The Morgan fingerprint density at radius 1 is 1.00 bits per heavy atom. The van der Waals surface area contributed by atoms with E-state index in [9.17, 15) is 0 Å². The quantitative estimate of drug-likeness (QED) is 0.767. The highest BCUT2D eigenvalue weighted by atomic mass is 16.7. The SMILES string of the molecule is N#Cc1ccccc1OCCCOc1ccc2c(c1)OCO2. The molecule has 5 nitrogen and oxygen atoms in total. The topological polar surface area (TPSA) is 60.7 Å². The summed E-state index contributed by atoms with van der Waals surface area (Å²) in [6, 6.07) is 14.8. The second-order valence-electron chi connectivity index (χ2n) is 4.67. The molecule has 5 heteroatoms. The van der Waals surface area contributed by atoms with Crippen LogP contribution in [-0.4, -0.2) is 20.0 Å². The number of fused-ring (bicyclic) bond motifs is 1. The van der Waals surface area contributed by atoms with Crippen LogP contribution in [0.25, 0.3) is 0 Å². The van der Waals surface area contributed by atoms with Gasteiger partial charge in [-0.3, -0.25) is 0 Å². The van der Waals surface area contributed by atoms with Gasteiger partial charge in [-0.2, -0.15) is 5.26 Å². The van der Waals surface area contributed by atoms with Crippen molar-refractivity contribution in [3.8, 4) is 29.1 Å². The predicted octanol–water partition coefficient (Wildman–Crippen LogP) is 3.13. The first-order chi connectivity index (χ1) is 10.9. The second-order valence-corrected chi connectivity index (χ2v) is 4.67. The molecular formula is C17H15NO4. The van der Waals surface area contributed by atoms with E-state index in [1.54, 1.807) is 12.1 Å². The Balaban J connectivity index is 1.43. The molecule has 112 valence electrons. The van der Waals surface area contributed by atoms with Crippen molar-refractivity contribution in [2.24, 2.45) is 0 Å². The summed E-state index contributed by atoms with van der Waals surface area (Å²) in [7, 11) is 0. The van der Waals surface area contributed by atoms with Crippen molar-refractivity contribution >= 4 is 0 Å². The molecule has 0 bridgehead atoms. The minimum Gasteiger partial charge on any atom is -0.493 e. The van der Waals surface area contributed by atoms with Gasteiger partial charge in [0.1, 0.15) is 17.6 Å². The zero-order valence-electron chi connectivity index (χ0n) is 12.0. The largest absolute Gasteiger partial charge is 0.493 e. The predicted molar refractivity (Wildman–Crippen MR) is 79.3 cm³/mol. The zero-order chi connectivity index (χ0) is 15.2. The van der Waals surface area contributed by atoms with Gasteiger partial charge >= 0.3 is 0 Å². The Bertz CT molecular complexity index is 693. The maximum atomic E-state index is 8.97. The van der Waals surface area contributed by atoms with Gasteiger partial charge in [0.15, 0.2) is 11.5 Å². The maximum Gasteiger partial charge on any atom is 0.231 e. The Hall–Kier alpha value is -2.87. The third-order valence-electron chi connectivity index (χ3n) is 3.17. The molecule has 0 N–H and O–H groups in total. The molecule has 2 aromatic carbocycles. The van der Waals surface area contributed by atoms with Gasteiger partial charge in [-0.05, 0) is 24.3 Å². The molecule has 0 fully saturated rings. The van der Waals surface area contributed by atoms with Gasteiger partial charge in [0.2, 0.25) is 6.79 Å². The number of para-hydroxylation sites is 1. The van der Waals surface area contributed by atoms with Gasteiger partial charge in [-0.25, -0.2) is 0 Å². The average molecular weight is 297 g/mol. The van der Waals surface area contributed by atoms with Crippen LogP contribution in [0.2, 0.25) is 0 Å². The third kappa shape index (κ3) is 3.23. The molecule has 0 unspecified atom stereocenters. The Morgan fingerprint density at radius 2 is 1.82 bits per heavy atom. The number of hydrogen-bond acceptors (Lipinski definition) is 5. The fraction of sp³-hybridized carbons (Fsp3) is 0.235. The van der Waals surface area contributed by atoms with Gasteiger partial charge in [0, 0.05) is 12.5 Å². The lowest BCUT2D eigenvalue weighted by atomic mass is 10.2. The molecule has 0 aromatic heterocycles. The molecule has 1 aliphatic heterocycles. The molecule has 22 heavy (non-hydrogen) atoms. The van der Waals surface area contributed by atoms with Crippen molar-refractivity contribution in [1.82, 2.24) is 0 Å². The summed E-state index contributed by atoms with van der Waals surface area (Å²) in [4.78, 5) is 0. The van der Waals surface area contributed by atoms with Crippen LogP contribution < -0.4 is 18.9 Å². The van der Waals surface area contributed by atoms with Gasteiger partial charge in [0.25, 0.3) is 0 Å². The third-order valence-corrected chi connectivity index (χ3v) is 3.17. The van der Waals surface area contributed by atoms with E-state index in [1.165, 1.54) is 0 Å². The van der Waals surface area contributed by atoms with Crippen LogP contribution in [0.1, 0.15) is 12.0 Å². The van der Waals surface area contributed by atoms with Gasteiger partial charge in [0.05, 0.1) is 18.8 Å². The van der Waals surface area contributed by atoms with Crippen LogP contribution in [-0.2, 0) is 0 Å². The Labute approximate surface area is 128 Å². The van der Waals surface area contributed by atoms with E-state index in [4.69, 9.17) is 24.2 Å². The summed E-state index contributed by atoms with van der Waals surface area (Å²) in [5, 5.41) is 8.97. The van der Waals surface area contributed by atoms with Crippen molar-refractivity contribution in [2.45, 2.75) is 6.42 Å². The van der Waals surface area contributed by atoms with Crippen molar-refractivity contribution in [3.63, 3.8) is 0 Å². The lowest BCUT2D eigenvalue weighted by Gasteiger charge is -2.09. The lowest BCUT2D eigenvalue weighted by molar-refractivity contribution is 0.173. The fourth-order valence-corrected chi connectivity index (χ4v) is 2.08. The number of nitrogens with zero attached hydrogens (tertiary/aromatic N) is 1. The summed E-state index contributed by atoms with van der Waals surface area (Å²) >= 11 is 0. The summed E-state index contributed by atoms with van der Waals surface area (Å²) in [6.45, 7) is 1.27. The van der Waals surface area contributed by atoms with Crippen LogP contribution in [0.4, 0.5) is 0 Å². The van der Waals surface area contributed by atoms with E-state index >= 15 is 0 Å². The van der Waals surface area contributed by atoms with E-state index in [-0.39, 0.29) is 6.79 Å². The molecule has 1 aliphatic rings. The Kier molecular flexibility index (Phi) is 4.30. The first-order valence-corrected chi connectivity index (χ1v) is 7.01. The van der Waals surface area contributed by atoms with Crippen LogP contribution in [0, 0.1) is 11.3 Å². The second kappa shape index (κ2) is 6.72. The number of benzene rings is 2. The van der Waals surface area contributed by atoms with E-state index in [0.717, 1.165) is 11.5 Å². The molecule has 0 amide bonds. The van der Waals surface area contributed by atoms with Crippen LogP contribution >= 0.6 is 0 Å². The highest BCUT2D eigenvalue weighted by Crippen LogP contribution is 2.35. The molecular weight excluding hydrogens is 282 g/mol. The monoisotopic (exact) mass is 297 g/mol. The summed E-state index contributed by atoms with van der Waals surface area (Å²) < 4.78 is 21.8. The minimum absolute atomic E-state index is 0.255. The van der Waals surface area contributed by atoms with Crippen molar-refractivity contribution in [2.75, 3.05) is 20.0 Å². The summed E-state index contributed by atoms with van der Waals surface area (Å²) in [5.41, 5.74) is 0.541. The first-order valence-electron chi connectivity index (χ1n) is 7.01. The summed E-state index contributed by atoms with van der Waals surface area (Å²) in [5.74, 6) is 2.79. The van der Waals surface area contributed by atoms with Crippen LogP contribution in [0.15, 0.2) is 42.5 Å². The maximum absolute atomic E-state index is 8.97. The number of rotatable bonds is 6. The molecule has 1 heterocycles. The molecule has 3 rings (SSSR count). The highest BCUT2D eigenvalue weighted by Gasteiger charge is 2.13. The molecule has 0 aliphatic carbocycles. The van der Waals surface area contributed by atoms with Crippen molar-refractivity contribution in [3.05, 3.63) is 48.0 Å². The summed E-state index contributed by atoms with van der Waals surface area (Å²) in [6.07, 6.45) is 0.716. The molecule has 0 atom stereocenters. The van der Waals surface area contributed by atoms with Crippen LogP contribution in [0.3, 0.4) is 0 Å². The molecule has 0 radical (unpaired) electrons. The van der Waals surface area contributed by atoms with E-state index in [0.29, 0.717) is 36.7 Å². The standard InChI is InChI=1S/C17H15NO4/c18-11-13-4-1-2-5-15(13)20-9-3-8-19-14-6-7-16-17(10-14)22-12-21-16/h1-2,4-7,10H,3,8-9,12H2. The van der Waals surface area contributed by atoms with Gasteiger partial charge in [-0.1, -0.05) is 12.1 Å². The zero-order valence-corrected chi connectivity index (χ0v) is 12.0. The molecule has 0 saturated carbocycles. The Morgan fingerprint density at radius 3 is 2.73 bits per heavy atom. The molecule has 2 aromatic rings. The smallest absolute Gasteiger partial charge is 0.231 e. The number of nitriles is 1. The van der Waals surface area contributed by atoms with Crippen LogP contribution in [0.5, 0.6) is 23.0 Å². The minimum atomic E-state index is 0.255. The molecule has 0 saturated heterocycles. The lowest BCUT2D eigenvalue weighted by Crippen LogP contribution is -2.05. The average Bonchev–Trinajstić information content (AvgIpc) is 3.02. The van der Waals surface area contributed by atoms with E-state index < -0.39 is 0 Å². The number of hydrogen-bond donors (Lipinski definition) is 0. The van der Waals surface area contributed by atoms with E-state index in [1.807, 2.05) is 30.3 Å². The van der Waals surface area contributed by atoms with E-state index in [2.05, 4.69) is 6.07 Å². The van der Waals surface area contributed by atoms with Crippen molar-refractivity contribution in [1.29, 1.82) is 5.26 Å². The number of ether oxygens (including phenoxy) is 4. The van der Waals surface area contributed by atoms with Gasteiger partial charge < -0.3 is 18.9 Å². The molecule has 0 spiro atoms. The highest BCUT2D eigenvalue weighted by molar-refractivity contribution is 5.46. The van der Waals surface area contributed by atoms with Gasteiger partial charge in [-0.15, -0.1) is 0 Å². The normalized spacial score (nSPS) is 11.8.